The zero-order chi connectivity index (χ0) is 18.0. The van der Waals surface area contributed by atoms with E-state index < -0.39 is 0 Å². The first kappa shape index (κ1) is 21.7. The van der Waals surface area contributed by atoms with Gasteiger partial charge in [-0.2, -0.15) is 5.10 Å². The third kappa shape index (κ3) is 6.84. The van der Waals surface area contributed by atoms with Crippen LogP contribution in [0, 0.1) is 0 Å². The Hall–Kier alpha value is -1.55. The number of guanidine groups is 1. The maximum atomic E-state index is 5.71. The van der Waals surface area contributed by atoms with Crippen LogP contribution in [0.4, 0.5) is 0 Å². The molecule has 0 aliphatic carbocycles. The summed E-state index contributed by atoms with van der Waals surface area (Å²) in [7, 11) is 0. The molecule has 150 valence electrons. The fourth-order valence-electron chi connectivity index (χ4n) is 3.34. The normalized spacial score (nSPS) is 16.6. The van der Waals surface area contributed by atoms with Crippen LogP contribution in [0.2, 0.25) is 0 Å². The molecular formula is C19H31IN6O. The van der Waals surface area contributed by atoms with Crippen molar-refractivity contribution in [1.82, 2.24) is 25.3 Å². The van der Waals surface area contributed by atoms with Crippen molar-refractivity contribution in [2.24, 2.45) is 4.99 Å². The highest BCUT2D eigenvalue weighted by Crippen LogP contribution is 2.25. The molecule has 0 amide bonds. The molecule has 1 unspecified atom stereocenters. The Bertz CT molecular complexity index is 637. The number of piperidine rings is 1. The van der Waals surface area contributed by atoms with Crippen LogP contribution in [0.1, 0.15) is 38.0 Å². The van der Waals surface area contributed by atoms with Gasteiger partial charge >= 0.3 is 0 Å². The maximum Gasteiger partial charge on any atom is 0.191 e. The third-order valence-corrected chi connectivity index (χ3v) is 4.66. The van der Waals surface area contributed by atoms with E-state index in [1.54, 1.807) is 12.5 Å². The van der Waals surface area contributed by atoms with Gasteiger partial charge in [0, 0.05) is 25.5 Å². The van der Waals surface area contributed by atoms with Gasteiger partial charge in [0.1, 0.15) is 5.76 Å². The van der Waals surface area contributed by atoms with E-state index >= 15 is 0 Å². The first-order chi connectivity index (χ1) is 12.9. The lowest BCUT2D eigenvalue weighted by molar-refractivity contribution is 0.150. The second-order valence-electron chi connectivity index (χ2n) is 6.54. The van der Waals surface area contributed by atoms with Gasteiger partial charge in [0.25, 0.3) is 0 Å². The average Bonchev–Trinajstić information content (AvgIpc) is 3.37. The Morgan fingerprint density at radius 2 is 2.11 bits per heavy atom. The molecule has 8 heteroatoms. The predicted octanol–water partition coefficient (Wildman–Crippen LogP) is 2.88. The van der Waals surface area contributed by atoms with Crippen LogP contribution in [-0.4, -0.2) is 53.4 Å². The summed E-state index contributed by atoms with van der Waals surface area (Å²) in [5, 5.41) is 10.9. The summed E-state index contributed by atoms with van der Waals surface area (Å²) in [6.45, 7) is 7.43. The van der Waals surface area contributed by atoms with Gasteiger partial charge < -0.3 is 15.1 Å². The summed E-state index contributed by atoms with van der Waals surface area (Å²) in [5.41, 5.74) is 0. The van der Waals surface area contributed by atoms with Crippen molar-refractivity contribution < 1.29 is 4.42 Å². The van der Waals surface area contributed by atoms with Crippen LogP contribution >= 0.6 is 24.0 Å². The molecule has 2 N–H and O–H groups in total. The van der Waals surface area contributed by atoms with Gasteiger partial charge in [0.2, 0.25) is 0 Å². The van der Waals surface area contributed by atoms with Crippen molar-refractivity contribution in [3.05, 3.63) is 42.6 Å². The van der Waals surface area contributed by atoms with Crippen molar-refractivity contribution in [2.45, 2.75) is 38.8 Å². The van der Waals surface area contributed by atoms with E-state index in [2.05, 4.69) is 33.6 Å². The third-order valence-electron chi connectivity index (χ3n) is 4.66. The standard InChI is InChI=1S/C19H30N6O.HI/c1-2-20-19(21-10-14-25-13-7-9-23-25)22-16-17(18-8-6-15-26-18)24-11-4-3-5-12-24;/h6-9,13,15,17H,2-5,10-12,14,16H2,1H3,(H2,20,21,22);1H. The Kier molecular flexibility index (Phi) is 9.68. The van der Waals surface area contributed by atoms with E-state index in [1.165, 1.54) is 19.3 Å². The zero-order valence-corrected chi connectivity index (χ0v) is 18.3. The quantitative estimate of drug-likeness (QED) is 0.341. The Balaban J connectivity index is 0.00000261. The molecule has 1 aliphatic heterocycles. The lowest BCUT2D eigenvalue weighted by atomic mass is 10.1. The minimum Gasteiger partial charge on any atom is -0.468 e. The average molecular weight is 486 g/mol. The minimum absolute atomic E-state index is 0. The summed E-state index contributed by atoms with van der Waals surface area (Å²) in [6, 6.07) is 6.16. The number of nitrogens with zero attached hydrogens (tertiary/aromatic N) is 4. The molecule has 2 aromatic heterocycles. The number of likely N-dealkylation sites (tertiary alicyclic amines) is 1. The first-order valence-corrected chi connectivity index (χ1v) is 9.64. The molecule has 1 fully saturated rings. The van der Waals surface area contributed by atoms with Gasteiger partial charge in [0.15, 0.2) is 5.96 Å². The predicted molar refractivity (Wildman–Crippen MR) is 118 cm³/mol. The number of aliphatic imine (C=N–C) groups is 1. The maximum absolute atomic E-state index is 5.71. The second kappa shape index (κ2) is 12.0. The lowest BCUT2D eigenvalue weighted by Crippen LogP contribution is -2.40. The molecule has 0 spiro atoms. The summed E-state index contributed by atoms with van der Waals surface area (Å²) >= 11 is 0. The highest BCUT2D eigenvalue weighted by Gasteiger charge is 2.24. The Morgan fingerprint density at radius 1 is 1.26 bits per heavy atom. The number of furan rings is 1. The smallest absolute Gasteiger partial charge is 0.191 e. The summed E-state index contributed by atoms with van der Waals surface area (Å²) in [4.78, 5) is 7.33. The van der Waals surface area contributed by atoms with E-state index in [0.717, 1.165) is 44.4 Å². The molecule has 3 heterocycles. The van der Waals surface area contributed by atoms with E-state index in [4.69, 9.17) is 9.41 Å². The summed E-state index contributed by atoms with van der Waals surface area (Å²) < 4.78 is 7.62. The van der Waals surface area contributed by atoms with Crippen molar-refractivity contribution in [3.63, 3.8) is 0 Å². The molecule has 7 nitrogen and oxygen atoms in total. The Labute approximate surface area is 178 Å². The highest BCUT2D eigenvalue weighted by molar-refractivity contribution is 14.0. The minimum atomic E-state index is 0. The SMILES string of the molecule is CCNC(=NCC(c1ccco1)N1CCCCC1)NCCn1cccn1.I. The molecule has 27 heavy (non-hydrogen) atoms. The monoisotopic (exact) mass is 486 g/mol. The van der Waals surface area contributed by atoms with Crippen LogP contribution < -0.4 is 10.6 Å². The number of halogens is 1. The Morgan fingerprint density at radius 3 is 2.78 bits per heavy atom. The molecule has 0 saturated carbocycles. The van der Waals surface area contributed by atoms with E-state index in [1.807, 2.05) is 23.0 Å². The molecule has 3 rings (SSSR count). The highest BCUT2D eigenvalue weighted by atomic mass is 127. The fraction of sp³-hybridized carbons (Fsp3) is 0.579. The fourth-order valence-corrected chi connectivity index (χ4v) is 3.34. The van der Waals surface area contributed by atoms with Crippen molar-refractivity contribution in [3.8, 4) is 0 Å². The van der Waals surface area contributed by atoms with Gasteiger partial charge in [-0.25, -0.2) is 0 Å². The summed E-state index contributed by atoms with van der Waals surface area (Å²) in [6.07, 6.45) is 9.35. The van der Waals surface area contributed by atoms with E-state index in [9.17, 15) is 0 Å². The number of nitrogens with one attached hydrogen (secondary N) is 2. The van der Waals surface area contributed by atoms with Crippen LogP contribution in [0.25, 0.3) is 0 Å². The molecule has 0 aromatic carbocycles. The molecular weight excluding hydrogens is 455 g/mol. The molecule has 1 atom stereocenters. The van der Waals surface area contributed by atoms with Crippen LogP contribution in [-0.2, 0) is 6.54 Å². The van der Waals surface area contributed by atoms with E-state index in [0.29, 0.717) is 6.54 Å². The number of rotatable bonds is 8. The van der Waals surface area contributed by atoms with Gasteiger partial charge in [0.05, 0.1) is 25.4 Å². The molecule has 1 saturated heterocycles. The topological polar surface area (TPSA) is 70.6 Å². The van der Waals surface area contributed by atoms with Gasteiger partial charge in [-0.15, -0.1) is 24.0 Å². The van der Waals surface area contributed by atoms with Gasteiger partial charge in [-0.1, -0.05) is 6.42 Å². The van der Waals surface area contributed by atoms with Crippen molar-refractivity contribution >= 4 is 29.9 Å². The first-order valence-electron chi connectivity index (χ1n) is 9.64. The second-order valence-corrected chi connectivity index (χ2v) is 6.54. The lowest BCUT2D eigenvalue weighted by Gasteiger charge is -2.32. The van der Waals surface area contributed by atoms with Gasteiger partial charge in [-0.05, 0) is 51.1 Å². The number of aromatic nitrogens is 2. The molecule has 2 aromatic rings. The summed E-state index contributed by atoms with van der Waals surface area (Å²) in [5.74, 6) is 1.84. The van der Waals surface area contributed by atoms with Crippen LogP contribution in [0.5, 0.6) is 0 Å². The van der Waals surface area contributed by atoms with Crippen LogP contribution in [0.3, 0.4) is 0 Å². The largest absolute Gasteiger partial charge is 0.468 e. The zero-order valence-electron chi connectivity index (χ0n) is 16.0. The van der Waals surface area contributed by atoms with Gasteiger partial charge in [-0.3, -0.25) is 14.6 Å². The van der Waals surface area contributed by atoms with Crippen molar-refractivity contribution in [2.75, 3.05) is 32.7 Å². The van der Waals surface area contributed by atoms with E-state index in [-0.39, 0.29) is 30.0 Å². The number of hydrogen-bond donors (Lipinski definition) is 2. The molecule has 0 bridgehead atoms. The van der Waals surface area contributed by atoms with Crippen LogP contribution in [0.15, 0.2) is 46.3 Å². The molecule has 0 radical (unpaired) electrons. The molecule has 1 aliphatic rings. The number of hydrogen-bond acceptors (Lipinski definition) is 4. The van der Waals surface area contributed by atoms with Crippen molar-refractivity contribution in [1.29, 1.82) is 0 Å².